The average Bonchev–Trinajstić information content (AvgIpc) is 2.20. The summed E-state index contributed by atoms with van der Waals surface area (Å²) in [4.78, 5) is 13.2. The molecule has 0 aromatic heterocycles. The van der Waals surface area contributed by atoms with Gasteiger partial charge in [-0.25, -0.2) is 0 Å². The lowest BCUT2D eigenvalue weighted by Gasteiger charge is -2.15. The molecule has 0 fully saturated rings. The van der Waals surface area contributed by atoms with Crippen molar-refractivity contribution in [3.63, 3.8) is 0 Å². The van der Waals surface area contributed by atoms with E-state index in [2.05, 4.69) is 13.0 Å². The summed E-state index contributed by atoms with van der Waals surface area (Å²) in [6, 6.07) is 2.06. The highest BCUT2D eigenvalue weighted by Crippen LogP contribution is 2.04. The molecule has 0 aliphatic carbocycles. The zero-order chi connectivity index (χ0) is 10.8. The van der Waals surface area contributed by atoms with E-state index < -0.39 is 0 Å². The summed E-state index contributed by atoms with van der Waals surface area (Å²) >= 11 is 1.53. The van der Waals surface area contributed by atoms with Crippen LogP contribution in [-0.2, 0) is 4.79 Å². The standard InChI is InChI=1S/C10H18N2OS/c1-3-4-7-12(2)10(13)9-14-8-5-6-11/h3-5,7-9H2,1-2H3. The van der Waals surface area contributed by atoms with E-state index in [1.54, 1.807) is 4.90 Å². The van der Waals surface area contributed by atoms with Crippen molar-refractivity contribution in [3.8, 4) is 6.07 Å². The zero-order valence-electron chi connectivity index (χ0n) is 8.95. The minimum Gasteiger partial charge on any atom is -0.345 e. The molecule has 0 bridgehead atoms. The molecule has 0 radical (unpaired) electrons. The molecule has 0 spiro atoms. The summed E-state index contributed by atoms with van der Waals surface area (Å²) in [6.45, 7) is 2.95. The zero-order valence-corrected chi connectivity index (χ0v) is 9.77. The van der Waals surface area contributed by atoms with Gasteiger partial charge in [0.1, 0.15) is 0 Å². The molecular formula is C10H18N2OS. The normalized spacial score (nSPS) is 9.50. The monoisotopic (exact) mass is 214 g/mol. The van der Waals surface area contributed by atoms with Gasteiger partial charge in [-0.15, -0.1) is 0 Å². The van der Waals surface area contributed by atoms with Crippen molar-refractivity contribution < 1.29 is 4.79 Å². The van der Waals surface area contributed by atoms with E-state index in [1.165, 1.54) is 11.8 Å². The summed E-state index contributed by atoms with van der Waals surface area (Å²) in [5, 5.41) is 8.30. The van der Waals surface area contributed by atoms with Crippen LogP contribution in [0.4, 0.5) is 0 Å². The topological polar surface area (TPSA) is 44.1 Å². The van der Waals surface area contributed by atoms with Gasteiger partial charge in [-0.2, -0.15) is 17.0 Å². The highest BCUT2D eigenvalue weighted by Gasteiger charge is 2.06. The summed E-state index contributed by atoms with van der Waals surface area (Å²) in [5.74, 6) is 1.42. The van der Waals surface area contributed by atoms with Crippen molar-refractivity contribution in [2.45, 2.75) is 26.2 Å². The number of unbranched alkanes of at least 4 members (excludes halogenated alkanes) is 1. The number of thioether (sulfide) groups is 1. The molecule has 0 unspecified atom stereocenters. The van der Waals surface area contributed by atoms with E-state index in [1.807, 2.05) is 7.05 Å². The van der Waals surface area contributed by atoms with E-state index in [-0.39, 0.29) is 5.91 Å². The molecule has 0 aromatic carbocycles. The van der Waals surface area contributed by atoms with Gasteiger partial charge in [-0.3, -0.25) is 4.79 Å². The van der Waals surface area contributed by atoms with Crippen LogP contribution < -0.4 is 0 Å². The maximum atomic E-state index is 11.4. The minimum absolute atomic E-state index is 0.168. The quantitative estimate of drug-likeness (QED) is 0.608. The smallest absolute Gasteiger partial charge is 0.232 e. The molecule has 0 aromatic rings. The first-order valence-corrected chi connectivity index (χ1v) is 6.06. The first-order chi connectivity index (χ1) is 6.72. The number of carbonyl (C=O) groups is 1. The van der Waals surface area contributed by atoms with Crippen molar-refractivity contribution in [2.75, 3.05) is 25.1 Å². The van der Waals surface area contributed by atoms with Crippen molar-refractivity contribution >= 4 is 17.7 Å². The van der Waals surface area contributed by atoms with Gasteiger partial charge in [0.25, 0.3) is 0 Å². The molecule has 3 nitrogen and oxygen atoms in total. The van der Waals surface area contributed by atoms with Crippen LogP contribution in [0.1, 0.15) is 26.2 Å². The Morgan fingerprint density at radius 1 is 1.57 bits per heavy atom. The molecule has 4 heteroatoms. The summed E-state index contributed by atoms with van der Waals surface area (Å²) in [6.07, 6.45) is 2.70. The molecule has 1 amide bonds. The number of carbonyl (C=O) groups excluding carboxylic acids is 1. The fourth-order valence-electron chi connectivity index (χ4n) is 0.907. The first kappa shape index (κ1) is 13.3. The molecule has 14 heavy (non-hydrogen) atoms. The molecule has 0 atom stereocenters. The van der Waals surface area contributed by atoms with Gasteiger partial charge in [0.15, 0.2) is 0 Å². The Kier molecular flexibility index (Phi) is 8.45. The SMILES string of the molecule is CCCCN(C)C(=O)CSCCC#N. The summed E-state index contributed by atoms with van der Waals surface area (Å²) < 4.78 is 0. The van der Waals surface area contributed by atoms with Gasteiger partial charge in [0.2, 0.25) is 5.91 Å². The molecule has 80 valence electrons. The molecule has 0 saturated heterocycles. The third-order valence-electron chi connectivity index (χ3n) is 1.86. The highest BCUT2D eigenvalue weighted by atomic mass is 32.2. The Morgan fingerprint density at radius 2 is 2.29 bits per heavy atom. The third-order valence-corrected chi connectivity index (χ3v) is 2.80. The summed E-state index contributed by atoms with van der Waals surface area (Å²) in [5.41, 5.74) is 0. The Balaban J connectivity index is 3.47. The Hall–Kier alpha value is -0.690. The van der Waals surface area contributed by atoms with Gasteiger partial charge < -0.3 is 4.90 Å². The minimum atomic E-state index is 0.168. The number of hydrogen-bond acceptors (Lipinski definition) is 3. The Labute approximate surface area is 90.5 Å². The number of hydrogen-bond donors (Lipinski definition) is 0. The molecule has 0 rings (SSSR count). The fourth-order valence-corrected chi connectivity index (χ4v) is 1.68. The maximum absolute atomic E-state index is 11.4. The van der Waals surface area contributed by atoms with E-state index in [0.717, 1.165) is 25.1 Å². The second-order valence-corrected chi connectivity index (χ2v) is 4.23. The lowest BCUT2D eigenvalue weighted by atomic mass is 10.3. The van der Waals surface area contributed by atoms with Crippen LogP contribution in [0, 0.1) is 11.3 Å². The van der Waals surface area contributed by atoms with E-state index in [9.17, 15) is 4.79 Å². The Bertz CT molecular complexity index is 201. The van der Waals surface area contributed by atoms with E-state index in [0.29, 0.717) is 12.2 Å². The molecular weight excluding hydrogens is 196 g/mol. The highest BCUT2D eigenvalue weighted by molar-refractivity contribution is 7.99. The van der Waals surface area contributed by atoms with Crippen molar-refractivity contribution in [1.29, 1.82) is 5.26 Å². The van der Waals surface area contributed by atoms with Crippen LogP contribution in [0.2, 0.25) is 0 Å². The van der Waals surface area contributed by atoms with Crippen LogP contribution in [0.3, 0.4) is 0 Å². The first-order valence-electron chi connectivity index (χ1n) is 4.91. The maximum Gasteiger partial charge on any atom is 0.232 e. The predicted molar refractivity (Wildman–Crippen MR) is 60.1 cm³/mol. The lowest BCUT2D eigenvalue weighted by Crippen LogP contribution is -2.29. The Morgan fingerprint density at radius 3 is 2.86 bits per heavy atom. The van der Waals surface area contributed by atoms with Crippen LogP contribution in [-0.4, -0.2) is 35.9 Å². The fraction of sp³-hybridized carbons (Fsp3) is 0.800. The van der Waals surface area contributed by atoms with Gasteiger partial charge in [-0.1, -0.05) is 13.3 Å². The van der Waals surface area contributed by atoms with Crippen molar-refractivity contribution in [1.82, 2.24) is 4.90 Å². The van der Waals surface area contributed by atoms with Gasteiger partial charge in [0, 0.05) is 25.8 Å². The predicted octanol–water partition coefficient (Wildman–Crippen LogP) is 1.89. The van der Waals surface area contributed by atoms with Crippen LogP contribution in [0.25, 0.3) is 0 Å². The molecule has 0 aliphatic heterocycles. The average molecular weight is 214 g/mol. The van der Waals surface area contributed by atoms with Gasteiger partial charge >= 0.3 is 0 Å². The van der Waals surface area contributed by atoms with Gasteiger partial charge in [0.05, 0.1) is 11.8 Å². The largest absolute Gasteiger partial charge is 0.345 e. The second-order valence-electron chi connectivity index (χ2n) is 3.13. The number of rotatable bonds is 7. The van der Waals surface area contributed by atoms with E-state index in [4.69, 9.17) is 5.26 Å². The van der Waals surface area contributed by atoms with Crippen molar-refractivity contribution in [2.24, 2.45) is 0 Å². The molecule has 0 aliphatic rings. The molecule has 0 N–H and O–H groups in total. The van der Waals surface area contributed by atoms with Crippen molar-refractivity contribution in [3.05, 3.63) is 0 Å². The summed E-state index contributed by atoms with van der Waals surface area (Å²) in [7, 11) is 1.84. The third kappa shape index (κ3) is 6.79. The van der Waals surface area contributed by atoms with Crippen LogP contribution in [0.15, 0.2) is 0 Å². The van der Waals surface area contributed by atoms with Crippen LogP contribution >= 0.6 is 11.8 Å². The number of nitriles is 1. The second kappa shape index (κ2) is 8.89. The van der Waals surface area contributed by atoms with Crippen LogP contribution in [0.5, 0.6) is 0 Å². The molecule has 0 saturated carbocycles. The lowest BCUT2D eigenvalue weighted by molar-refractivity contribution is -0.127. The van der Waals surface area contributed by atoms with E-state index >= 15 is 0 Å². The number of amides is 1. The molecule has 0 heterocycles. The number of nitrogens with zero attached hydrogens (tertiary/aromatic N) is 2. The van der Waals surface area contributed by atoms with Gasteiger partial charge in [-0.05, 0) is 6.42 Å².